The minimum absolute atomic E-state index is 0.0501. The fraction of sp³-hybridized carbons (Fsp3) is 0.394. The summed E-state index contributed by atoms with van der Waals surface area (Å²) < 4.78 is 35.5. The number of carbonyl (C=O) groups excluding carboxylic acids is 2. The van der Waals surface area contributed by atoms with Gasteiger partial charge in [0.25, 0.3) is 10.0 Å². The predicted molar refractivity (Wildman–Crippen MR) is 172 cm³/mol. The van der Waals surface area contributed by atoms with E-state index in [0.717, 1.165) is 46.4 Å². The molecule has 8 nitrogen and oxygen atoms in total. The fourth-order valence-electron chi connectivity index (χ4n) is 5.38. The molecule has 3 aromatic carbocycles. The van der Waals surface area contributed by atoms with Gasteiger partial charge in [-0.1, -0.05) is 72.4 Å². The molecular formula is C33H40BrN3O5S. The number of carbonyl (C=O) groups is 2. The highest BCUT2D eigenvalue weighted by molar-refractivity contribution is 9.10. The number of halogens is 1. The number of anilines is 1. The van der Waals surface area contributed by atoms with Gasteiger partial charge >= 0.3 is 0 Å². The Hall–Kier alpha value is -3.37. The van der Waals surface area contributed by atoms with Crippen molar-refractivity contribution in [2.45, 2.75) is 75.9 Å². The topological polar surface area (TPSA) is 96.0 Å². The minimum atomic E-state index is -4.15. The van der Waals surface area contributed by atoms with Gasteiger partial charge in [0, 0.05) is 17.1 Å². The second kappa shape index (κ2) is 15.4. The lowest BCUT2D eigenvalue weighted by molar-refractivity contribution is -0.140. The molecule has 1 fully saturated rings. The molecule has 0 heterocycles. The van der Waals surface area contributed by atoms with Crippen molar-refractivity contribution >= 4 is 43.5 Å². The number of sulfonamides is 1. The summed E-state index contributed by atoms with van der Waals surface area (Å²) in [7, 11) is -4.15. The van der Waals surface area contributed by atoms with Crippen molar-refractivity contribution in [1.29, 1.82) is 0 Å². The molecule has 43 heavy (non-hydrogen) atoms. The van der Waals surface area contributed by atoms with E-state index in [4.69, 9.17) is 4.74 Å². The van der Waals surface area contributed by atoms with E-state index in [1.54, 1.807) is 36.4 Å². The van der Waals surface area contributed by atoms with Gasteiger partial charge in [-0.15, -0.1) is 0 Å². The van der Waals surface area contributed by atoms with Crippen LogP contribution < -0.4 is 14.4 Å². The second-order valence-electron chi connectivity index (χ2n) is 10.7. The first-order valence-electron chi connectivity index (χ1n) is 14.9. The Kier molecular flexibility index (Phi) is 11.6. The summed E-state index contributed by atoms with van der Waals surface area (Å²) in [6.45, 7) is 3.90. The molecule has 1 atom stereocenters. The van der Waals surface area contributed by atoms with Crippen LogP contribution in [0.15, 0.2) is 88.2 Å². The summed E-state index contributed by atoms with van der Waals surface area (Å²) in [4.78, 5) is 29.4. The maximum Gasteiger partial charge on any atom is 0.264 e. The third-order valence-electron chi connectivity index (χ3n) is 7.65. The van der Waals surface area contributed by atoms with Gasteiger partial charge in [-0.2, -0.15) is 0 Å². The number of rotatable bonds is 13. The van der Waals surface area contributed by atoms with Gasteiger partial charge in [-0.25, -0.2) is 8.42 Å². The number of nitrogens with one attached hydrogen (secondary N) is 1. The van der Waals surface area contributed by atoms with E-state index in [0.29, 0.717) is 24.5 Å². The Morgan fingerprint density at radius 2 is 1.58 bits per heavy atom. The van der Waals surface area contributed by atoms with Gasteiger partial charge in [0.05, 0.1) is 17.2 Å². The van der Waals surface area contributed by atoms with E-state index in [1.807, 2.05) is 44.2 Å². The molecule has 0 aromatic heterocycles. The summed E-state index contributed by atoms with van der Waals surface area (Å²) in [5, 5.41) is 3.17. The van der Waals surface area contributed by atoms with Crippen molar-refractivity contribution in [2.75, 3.05) is 17.5 Å². The first kappa shape index (κ1) is 32.5. The normalized spacial score (nSPS) is 14.5. The van der Waals surface area contributed by atoms with Crippen LogP contribution in [0.4, 0.5) is 5.69 Å². The summed E-state index contributed by atoms with van der Waals surface area (Å²) in [5.41, 5.74) is 1.17. The maximum absolute atomic E-state index is 14.2. The number of hydrogen-bond acceptors (Lipinski definition) is 5. The molecule has 0 radical (unpaired) electrons. The highest BCUT2D eigenvalue weighted by Crippen LogP contribution is 2.28. The van der Waals surface area contributed by atoms with E-state index in [-0.39, 0.29) is 23.4 Å². The van der Waals surface area contributed by atoms with Crippen LogP contribution in [-0.4, -0.2) is 50.4 Å². The fourth-order valence-corrected chi connectivity index (χ4v) is 7.06. The van der Waals surface area contributed by atoms with Crippen LogP contribution in [0.3, 0.4) is 0 Å². The molecule has 0 bridgehead atoms. The molecule has 0 spiro atoms. The quantitative estimate of drug-likeness (QED) is 0.230. The molecule has 10 heteroatoms. The summed E-state index contributed by atoms with van der Waals surface area (Å²) >= 11 is 3.36. The zero-order valence-corrected chi connectivity index (χ0v) is 27.1. The standard InChI is InChI=1S/C33H40BrN3O5S/c1-3-31(33(39)35-27-13-9-6-10-14-27)36(23-25-11-7-5-8-12-25)32(38)24-37(28-17-19-29(20-18-28)42-4-2)43(40,41)30-21-15-26(34)16-22-30/h5,7-8,11-12,15-22,27,31H,3-4,6,9-10,13-14,23-24H2,1-2H3,(H,35,39)/t31-/m1/s1. The zero-order valence-electron chi connectivity index (χ0n) is 24.7. The largest absolute Gasteiger partial charge is 0.494 e. The molecule has 2 amide bonds. The van der Waals surface area contributed by atoms with Crippen LogP contribution in [0, 0.1) is 0 Å². The molecule has 0 saturated heterocycles. The molecule has 0 aliphatic heterocycles. The smallest absolute Gasteiger partial charge is 0.264 e. The maximum atomic E-state index is 14.2. The average molecular weight is 671 g/mol. The van der Waals surface area contributed by atoms with Crippen molar-refractivity contribution in [3.05, 3.63) is 88.9 Å². The monoisotopic (exact) mass is 669 g/mol. The molecule has 1 N–H and O–H groups in total. The molecule has 1 aliphatic carbocycles. The number of nitrogens with zero attached hydrogens (tertiary/aromatic N) is 2. The predicted octanol–water partition coefficient (Wildman–Crippen LogP) is 6.30. The van der Waals surface area contributed by atoms with Crippen LogP contribution in [0.5, 0.6) is 5.75 Å². The Morgan fingerprint density at radius 1 is 0.930 bits per heavy atom. The van der Waals surface area contributed by atoms with Crippen molar-refractivity contribution < 1.29 is 22.7 Å². The van der Waals surface area contributed by atoms with Crippen LogP contribution in [-0.2, 0) is 26.2 Å². The van der Waals surface area contributed by atoms with Crippen LogP contribution in [0.2, 0.25) is 0 Å². The summed E-state index contributed by atoms with van der Waals surface area (Å²) in [5.74, 6) is -0.0826. The van der Waals surface area contributed by atoms with Gasteiger partial charge < -0.3 is 15.0 Å². The molecule has 230 valence electrons. The van der Waals surface area contributed by atoms with Gasteiger partial charge in [-0.05, 0) is 80.3 Å². The van der Waals surface area contributed by atoms with Crippen LogP contribution >= 0.6 is 15.9 Å². The van der Waals surface area contributed by atoms with Crippen LogP contribution in [0.25, 0.3) is 0 Å². The number of hydrogen-bond donors (Lipinski definition) is 1. The van der Waals surface area contributed by atoms with E-state index < -0.39 is 28.5 Å². The Bertz CT molecular complexity index is 1440. The molecule has 4 rings (SSSR count). The lowest BCUT2D eigenvalue weighted by atomic mass is 9.95. The average Bonchev–Trinajstić information content (AvgIpc) is 3.01. The highest BCUT2D eigenvalue weighted by Gasteiger charge is 2.34. The van der Waals surface area contributed by atoms with E-state index in [1.165, 1.54) is 17.0 Å². The van der Waals surface area contributed by atoms with Crippen molar-refractivity contribution in [3.8, 4) is 5.75 Å². The Labute approximate surface area is 263 Å². The van der Waals surface area contributed by atoms with Crippen LogP contribution in [0.1, 0.15) is 57.9 Å². The molecular weight excluding hydrogens is 630 g/mol. The van der Waals surface area contributed by atoms with Gasteiger partial charge in [-0.3, -0.25) is 13.9 Å². The number of amides is 2. The molecule has 0 unspecified atom stereocenters. The molecule has 1 saturated carbocycles. The van der Waals surface area contributed by atoms with E-state index >= 15 is 0 Å². The van der Waals surface area contributed by atoms with Crippen molar-refractivity contribution in [2.24, 2.45) is 0 Å². The van der Waals surface area contributed by atoms with Crippen molar-refractivity contribution in [1.82, 2.24) is 10.2 Å². The highest BCUT2D eigenvalue weighted by atomic mass is 79.9. The van der Waals surface area contributed by atoms with Gasteiger partial charge in [0.15, 0.2) is 0 Å². The third-order valence-corrected chi connectivity index (χ3v) is 9.97. The minimum Gasteiger partial charge on any atom is -0.494 e. The van der Waals surface area contributed by atoms with E-state index in [9.17, 15) is 18.0 Å². The lowest BCUT2D eigenvalue weighted by Gasteiger charge is -2.34. The SMILES string of the molecule is CCOc1ccc(N(CC(=O)N(Cc2ccccc2)[C@H](CC)C(=O)NC2CCCCC2)S(=O)(=O)c2ccc(Br)cc2)cc1. The first-order valence-corrected chi connectivity index (χ1v) is 17.1. The molecule has 3 aromatic rings. The van der Waals surface area contributed by atoms with E-state index in [2.05, 4.69) is 21.2 Å². The van der Waals surface area contributed by atoms with Gasteiger partial charge in [0.1, 0.15) is 18.3 Å². The number of benzene rings is 3. The Balaban J connectivity index is 1.69. The molecule has 1 aliphatic rings. The zero-order chi connectivity index (χ0) is 30.8. The third kappa shape index (κ3) is 8.60. The second-order valence-corrected chi connectivity index (χ2v) is 13.4. The number of ether oxygens (including phenoxy) is 1. The van der Waals surface area contributed by atoms with Crippen molar-refractivity contribution in [3.63, 3.8) is 0 Å². The Morgan fingerprint density at radius 3 is 2.19 bits per heavy atom. The van der Waals surface area contributed by atoms with Gasteiger partial charge in [0.2, 0.25) is 11.8 Å². The summed E-state index contributed by atoms with van der Waals surface area (Å²) in [6, 6.07) is 21.7. The first-order chi connectivity index (χ1) is 20.7. The lowest BCUT2D eigenvalue weighted by Crippen LogP contribution is -2.54. The summed E-state index contributed by atoms with van der Waals surface area (Å²) in [6.07, 6.45) is 5.53.